The Morgan fingerprint density at radius 2 is 2.23 bits per heavy atom. The molecule has 1 aliphatic carbocycles. The number of rotatable bonds is 8. The number of pyridine rings is 1. The summed E-state index contributed by atoms with van der Waals surface area (Å²) < 4.78 is 0. The van der Waals surface area contributed by atoms with E-state index < -0.39 is 0 Å². The van der Waals surface area contributed by atoms with Crippen LogP contribution >= 0.6 is 0 Å². The number of allylic oxidation sites excluding steroid dienone is 1. The second-order valence-corrected chi connectivity index (χ2v) is 6.33. The molecule has 0 aliphatic heterocycles. The Kier molecular flexibility index (Phi) is 7.53. The molecule has 1 amide bonds. The minimum absolute atomic E-state index is 0.0693. The third-order valence-corrected chi connectivity index (χ3v) is 4.35. The van der Waals surface area contributed by atoms with Gasteiger partial charge in [0.15, 0.2) is 0 Å². The number of aromatic nitrogens is 1. The summed E-state index contributed by atoms with van der Waals surface area (Å²) in [6, 6.07) is 4.02. The molecular weight excluding hydrogens is 326 g/mol. The predicted octanol–water partition coefficient (Wildman–Crippen LogP) is 2.00. The lowest BCUT2D eigenvalue weighted by Gasteiger charge is -2.25. The Labute approximate surface area is 156 Å². The van der Waals surface area contributed by atoms with E-state index in [9.17, 15) is 4.79 Å². The van der Waals surface area contributed by atoms with Gasteiger partial charge in [-0.05, 0) is 49.6 Å². The Hall–Kier alpha value is -2.47. The smallest absolute Gasteiger partial charge is 0.236 e. The number of hydrogen-bond acceptors (Lipinski definition) is 4. The summed E-state index contributed by atoms with van der Waals surface area (Å²) in [5.41, 5.74) is 4.25. The number of fused-ring (bicyclic) bond motifs is 1. The molecule has 1 aromatic rings. The van der Waals surface area contributed by atoms with Crippen molar-refractivity contribution < 1.29 is 4.79 Å². The SMILES string of the molecule is C=C(NC(CN(CCC)C(=O)CNC)=NC)C1=Cc2cccnc2CC1. The summed E-state index contributed by atoms with van der Waals surface area (Å²) in [5.74, 6) is 0.811. The van der Waals surface area contributed by atoms with Gasteiger partial charge in [-0.15, -0.1) is 0 Å². The van der Waals surface area contributed by atoms with Gasteiger partial charge < -0.3 is 15.5 Å². The van der Waals surface area contributed by atoms with E-state index in [-0.39, 0.29) is 5.91 Å². The molecule has 1 heterocycles. The number of carbonyl (C=O) groups excluding carboxylic acids is 1. The molecule has 0 aromatic carbocycles. The summed E-state index contributed by atoms with van der Waals surface area (Å²) in [7, 11) is 3.51. The zero-order chi connectivity index (χ0) is 18.9. The molecule has 2 N–H and O–H groups in total. The van der Waals surface area contributed by atoms with Crippen molar-refractivity contribution in [1.29, 1.82) is 0 Å². The van der Waals surface area contributed by atoms with E-state index >= 15 is 0 Å². The van der Waals surface area contributed by atoms with Crippen LogP contribution in [0, 0.1) is 0 Å². The summed E-state index contributed by atoms with van der Waals surface area (Å²) in [4.78, 5) is 22.8. The van der Waals surface area contributed by atoms with Gasteiger partial charge in [0.1, 0.15) is 5.84 Å². The molecule has 0 saturated heterocycles. The fraction of sp³-hybridized carbons (Fsp3) is 0.450. The maximum Gasteiger partial charge on any atom is 0.236 e. The van der Waals surface area contributed by atoms with E-state index in [1.165, 1.54) is 0 Å². The fourth-order valence-electron chi connectivity index (χ4n) is 2.97. The van der Waals surface area contributed by atoms with Gasteiger partial charge in [0, 0.05) is 31.2 Å². The minimum Gasteiger partial charge on any atom is -0.343 e. The van der Waals surface area contributed by atoms with E-state index in [2.05, 4.69) is 46.3 Å². The van der Waals surface area contributed by atoms with Gasteiger partial charge in [0.2, 0.25) is 5.91 Å². The van der Waals surface area contributed by atoms with E-state index in [0.29, 0.717) is 19.6 Å². The van der Waals surface area contributed by atoms with E-state index in [1.54, 1.807) is 14.1 Å². The number of likely N-dealkylation sites (N-methyl/N-ethyl adjacent to an activating group) is 1. The highest BCUT2D eigenvalue weighted by molar-refractivity contribution is 5.90. The van der Waals surface area contributed by atoms with E-state index in [4.69, 9.17) is 0 Å². The Morgan fingerprint density at radius 1 is 1.42 bits per heavy atom. The molecule has 0 fully saturated rings. The fourth-order valence-corrected chi connectivity index (χ4v) is 2.97. The maximum absolute atomic E-state index is 12.2. The largest absolute Gasteiger partial charge is 0.343 e. The maximum atomic E-state index is 12.2. The molecule has 0 radical (unpaired) electrons. The van der Waals surface area contributed by atoms with Crippen LogP contribution in [0.25, 0.3) is 6.08 Å². The van der Waals surface area contributed by atoms with Gasteiger partial charge in [0.05, 0.1) is 13.1 Å². The molecule has 0 saturated carbocycles. The number of amidine groups is 1. The van der Waals surface area contributed by atoms with E-state index in [0.717, 1.165) is 47.6 Å². The zero-order valence-corrected chi connectivity index (χ0v) is 16.0. The van der Waals surface area contributed by atoms with Crippen LogP contribution in [-0.2, 0) is 11.2 Å². The number of carbonyl (C=O) groups is 1. The monoisotopic (exact) mass is 355 g/mol. The van der Waals surface area contributed by atoms with Crippen molar-refractivity contribution in [3.05, 3.63) is 47.4 Å². The quantitative estimate of drug-likeness (QED) is 0.553. The molecule has 6 heteroatoms. The second kappa shape index (κ2) is 9.87. The van der Waals surface area contributed by atoms with Crippen molar-refractivity contribution in [2.45, 2.75) is 26.2 Å². The lowest BCUT2D eigenvalue weighted by Crippen LogP contribution is -2.44. The lowest BCUT2D eigenvalue weighted by atomic mass is 9.94. The molecule has 1 aromatic heterocycles. The van der Waals surface area contributed by atoms with Crippen LogP contribution in [0.4, 0.5) is 0 Å². The first-order chi connectivity index (χ1) is 12.6. The summed E-state index contributed by atoms with van der Waals surface area (Å²) in [5, 5.41) is 6.22. The minimum atomic E-state index is 0.0693. The van der Waals surface area contributed by atoms with Gasteiger partial charge in [-0.1, -0.05) is 19.6 Å². The van der Waals surface area contributed by atoms with Crippen LogP contribution in [-0.4, -0.2) is 55.4 Å². The van der Waals surface area contributed by atoms with Gasteiger partial charge in [-0.2, -0.15) is 0 Å². The zero-order valence-electron chi connectivity index (χ0n) is 16.0. The molecule has 0 unspecified atom stereocenters. The lowest BCUT2D eigenvalue weighted by molar-refractivity contribution is -0.129. The topological polar surface area (TPSA) is 69.6 Å². The van der Waals surface area contributed by atoms with Crippen LogP contribution in [0.15, 0.2) is 41.2 Å². The third-order valence-electron chi connectivity index (χ3n) is 4.35. The molecule has 6 nitrogen and oxygen atoms in total. The highest BCUT2D eigenvalue weighted by Crippen LogP contribution is 2.25. The van der Waals surface area contributed by atoms with Crippen molar-refractivity contribution in [2.24, 2.45) is 4.99 Å². The van der Waals surface area contributed by atoms with Crippen molar-refractivity contribution in [1.82, 2.24) is 20.5 Å². The number of aryl methyl sites for hydroxylation is 1. The summed E-state index contributed by atoms with van der Waals surface area (Å²) in [6.07, 6.45) is 6.66. The summed E-state index contributed by atoms with van der Waals surface area (Å²) in [6.45, 7) is 7.72. The Bertz CT molecular complexity index is 708. The molecule has 0 spiro atoms. The average Bonchev–Trinajstić information content (AvgIpc) is 2.66. The number of amides is 1. The standard InChI is InChI=1S/C20H29N5O/c1-5-11-25(20(26)13-21-3)14-19(22-4)24-15(2)16-8-9-18-17(12-16)7-6-10-23-18/h6-7,10,12,21H,2,5,8-9,11,13-14H2,1,3-4H3,(H,22,24). The number of nitrogens with zero attached hydrogens (tertiary/aromatic N) is 3. The van der Waals surface area contributed by atoms with Crippen LogP contribution < -0.4 is 10.6 Å². The normalized spacial score (nSPS) is 13.7. The number of nitrogens with one attached hydrogen (secondary N) is 2. The Balaban J connectivity index is 2.04. The van der Waals surface area contributed by atoms with Crippen LogP contribution in [0.5, 0.6) is 0 Å². The van der Waals surface area contributed by atoms with Crippen LogP contribution in [0.1, 0.15) is 31.0 Å². The first-order valence-electron chi connectivity index (χ1n) is 9.07. The molecule has 1 aliphatic rings. The van der Waals surface area contributed by atoms with Crippen molar-refractivity contribution in [2.75, 3.05) is 33.7 Å². The highest BCUT2D eigenvalue weighted by atomic mass is 16.2. The molecule has 0 bridgehead atoms. The predicted molar refractivity (Wildman–Crippen MR) is 107 cm³/mol. The molecule has 140 valence electrons. The molecule has 26 heavy (non-hydrogen) atoms. The molecule has 0 atom stereocenters. The van der Waals surface area contributed by atoms with Gasteiger partial charge >= 0.3 is 0 Å². The highest BCUT2D eigenvalue weighted by Gasteiger charge is 2.17. The van der Waals surface area contributed by atoms with Crippen LogP contribution in [0.3, 0.4) is 0 Å². The molecule has 2 rings (SSSR count). The Morgan fingerprint density at radius 3 is 2.92 bits per heavy atom. The van der Waals surface area contributed by atoms with Crippen LogP contribution in [0.2, 0.25) is 0 Å². The van der Waals surface area contributed by atoms with Crippen molar-refractivity contribution in [3.8, 4) is 0 Å². The number of hydrogen-bond donors (Lipinski definition) is 2. The van der Waals surface area contributed by atoms with E-state index in [1.807, 2.05) is 17.2 Å². The van der Waals surface area contributed by atoms with Crippen molar-refractivity contribution >= 4 is 17.8 Å². The number of aliphatic imine (C=N–C) groups is 1. The molecular formula is C20H29N5O. The van der Waals surface area contributed by atoms with Gasteiger partial charge in [0.25, 0.3) is 0 Å². The third kappa shape index (κ3) is 5.26. The van der Waals surface area contributed by atoms with Gasteiger partial charge in [-0.3, -0.25) is 14.8 Å². The first kappa shape index (κ1) is 19.8. The second-order valence-electron chi connectivity index (χ2n) is 6.33. The average molecular weight is 355 g/mol. The van der Waals surface area contributed by atoms with Crippen molar-refractivity contribution in [3.63, 3.8) is 0 Å². The van der Waals surface area contributed by atoms with Gasteiger partial charge in [-0.25, -0.2) is 0 Å². The first-order valence-corrected chi connectivity index (χ1v) is 9.07. The summed E-state index contributed by atoms with van der Waals surface area (Å²) >= 11 is 0.